The highest BCUT2D eigenvalue weighted by molar-refractivity contribution is 4.84. The van der Waals surface area contributed by atoms with Gasteiger partial charge < -0.3 is 20.1 Å². The number of hydrogen-bond acceptors (Lipinski definition) is 4. The molecule has 0 bridgehead atoms. The van der Waals surface area contributed by atoms with E-state index in [4.69, 9.17) is 20.1 Å². The molecule has 0 aromatic carbocycles. The maximum atomic E-state index is 9.09. The number of rotatable bonds is 1. The molecular weight excluding hydrogens is 136 g/mol. The molecule has 0 spiro atoms. The van der Waals surface area contributed by atoms with E-state index >= 15 is 0 Å². The van der Waals surface area contributed by atoms with Crippen LogP contribution in [0.4, 0.5) is 0 Å². The summed E-state index contributed by atoms with van der Waals surface area (Å²) < 4.78 is 4.79. The third kappa shape index (κ3) is 1.15. The largest absolute Gasteiger partial charge is 0.387 e. The summed E-state index contributed by atoms with van der Waals surface area (Å²) in [6, 6.07) is 0. The molecule has 0 aromatic heterocycles. The Hall–Kier alpha value is -0.160. The highest BCUT2D eigenvalue weighted by Crippen LogP contribution is 2.21. The van der Waals surface area contributed by atoms with Crippen molar-refractivity contribution in [2.75, 3.05) is 0 Å². The lowest BCUT2D eigenvalue weighted by molar-refractivity contribution is -0.127. The molecule has 1 rings (SSSR count). The van der Waals surface area contributed by atoms with Gasteiger partial charge >= 0.3 is 0 Å². The summed E-state index contributed by atoms with van der Waals surface area (Å²) in [6.45, 7) is 1.82. The fourth-order valence-corrected chi connectivity index (χ4v) is 1.07. The van der Waals surface area contributed by atoms with Crippen LogP contribution in [0.5, 0.6) is 0 Å². The van der Waals surface area contributed by atoms with E-state index in [0.717, 1.165) is 0 Å². The predicted molar refractivity (Wildman–Crippen MR) is 33.2 cm³/mol. The van der Waals surface area contributed by atoms with Crippen molar-refractivity contribution in [1.82, 2.24) is 0 Å². The Balaban J connectivity index is 2.53. The van der Waals surface area contributed by atoms with Gasteiger partial charge in [-0.2, -0.15) is 0 Å². The number of hydrogen-bond donors (Lipinski definition) is 3. The lowest BCUT2D eigenvalue weighted by Crippen LogP contribution is -2.31. The number of aliphatic hydroxyl groups excluding tert-OH is 3. The third-order valence-corrected chi connectivity index (χ3v) is 1.74. The van der Waals surface area contributed by atoms with Gasteiger partial charge in [0.15, 0.2) is 6.29 Å². The first kappa shape index (κ1) is 7.94. The second-order valence-electron chi connectivity index (χ2n) is 2.45. The van der Waals surface area contributed by atoms with Gasteiger partial charge in [-0.1, -0.05) is 6.92 Å². The van der Waals surface area contributed by atoms with Crippen molar-refractivity contribution >= 4 is 0 Å². The minimum Gasteiger partial charge on any atom is -0.387 e. The summed E-state index contributed by atoms with van der Waals surface area (Å²) in [5.41, 5.74) is 0. The van der Waals surface area contributed by atoms with Crippen LogP contribution < -0.4 is 0 Å². The van der Waals surface area contributed by atoms with E-state index in [2.05, 4.69) is 0 Å². The van der Waals surface area contributed by atoms with Crippen molar-refractivity contribution in [3.05, 3.63) is 0 Å². The van der Waals surface area contributed by atoms with Crippen molar-refractivity contribution < 1.29 is 20.1 Å². The Labute approximate surface area is 59.1 Å². The summed E-state index contributed by atoms with van der Waals surface area (Å²) in [6.07, 6.45) is -3.15. The second kappa shape index (κ2) is 2.84. The average molecular weight is 148 g/mol. The summed E-state index contributed by atoms with van der Waals surface area (Å²) in [4.78, 5) is 0. The van der Waals surface area contributed by atoms with Gasteiger partial charge in [0.2, 0.25) is 0 Å². The third-order valence-electron chi connectivity index (χ3n) is 1.74. The molecule has 4 heteroatoms. The van der Waals surface area contributed by atoms with Crippen LogP contribution in [0, 0.1) is 0 Å². The van der Waals surface area contributed by atoms with E-state index in [9.17, 15) is 0 Å². The van der Waals surface area contributed by atoms with E-state index < -0.39 is 24.6 Å². The van der Waals surface area contributed by atoms with Gasteiger partial charge in [0.25, 0.3) is 0 Å². The first-order chi connectivity index (χ1) is 4.66. The Morgan fingerprint density at radius 1 is 1.20 bits per heavy atom. The first-order valence-corrected chi connectivity index (χ1v) is 3.36. The van der Waals surface area contributed by atoms with Crippen LogP contribution in [-0.4, -0.2) is 39.9 Å². The van der Waals surface area contributed by atoms with Gasteiger partial charge in [0, 0.05) is 0 Å². The maximum Gasteiger partial charge on any atom is 0.183 e. The molecule has 0 aliphatic carbocycles. The molecular formula is C6H12O4. The molecule has 1 fully saturated rings. The highest BCUT2D eigenvalue weighted by Gasteiger charge is 2.40. The smallest absolute Gasteiger partial charge is 0.183 e. The summed E-state index contributed by atoms with van der Waals surface area (Å²) >= 11 is 0. The van der Waals surface area contributed by atoms with Crippen LogP contribution in [0.15, 0.2) is 0 Å². The van der Waals surface area contributed by atoms with Crippen molar-refractivity contribution in [3.8, 4) is 0 Å². The zero-order valence-corrected chi connectivity index (χ0v) is 5.77. The fourth-order valence-electron chi connectivity index (χ4n) is 1.07. The highest BCUT2D eigenvalue weighted by atomic mass is 16.6. The van der Waals surface area contributed by atoms with E-state index in [1.807, 2.05) is 6.92 Å². The molecule has 0 aromatic rings. The number of aliphatic hydroxyl groups is 3. The molecule has 1 aliphatic heterocycles. The van der Waals surface area contributed by atoms with Gasteiger partial charge in [0.05, 0.1) is 6.10 Å². The molecule has 0 amide bonds. The van der Waals surface area contributed by atoms with Crippen molar-refractivity contribution in [1.29, 1.82) is 0 Å². The van der Waals surface area contributed by atoms with Crippen LogP contribution in [0.1, 0.15) is 13.3 Å². The molecule has 1 unspecified atom stereocenters. The Morgan fingerprint density at radius 2 is 1.80 bits per heavy atom. The molecule has 0 saturated carbocycles. The van der Waals surface area contributed by atoms with E-state index in [0.29, 0.717) is 6.42 Å². The molecule has 1 saturated heterocycles. The average Bonchev–Trinajstić information content (AvgIpc) is 2.17. The Kier molecular flexibility index (Phi) is 2.25. The summed E-state index contributed by atoms with van der Waals surface area (Å²) in [5, 5.41) is 26.9. The second-order valence-corrected chi connectivity index (χ2v) is 2.45. The zero-order valence-electron chi connectivity index (χ0n) is 5.77. The van der Waals surface area contributed by atoms with Gasteiger partial charge in [-0.15, -0.1) is 0 Å². The first-order valence-electron chi connectivity index (χ1n) is 3.36. The lowest BCUT2D eigenvalue weighted by Gasteiger charge is -2.10. The molecule has 1 heterocycles. The molecule has 60 valence electrons. The molecule has 4 nitrogen and oxygen atoms in total. The van der Waals surface area contributed by atoms with Crippen LogP contribution in [0.3, 0.4) is 0 Å². The van der Waals surface area contributed by atoms with Crippen LogP contribution in [0.25, 0.3) is 0 Å². The predicted octanol–water partition coefficient (Wildman–Crippen LogP) is -1.16. The number of ether oxygens (including phenoxy) is 1. The molecule has 4 atom stereocenters. The maximum absolute atomic E-state index is 9.09. The summed E-state index contributed by atoms with van der Waals surface area (Å²) in [7, 11) is 0. The lowest BCUT2D eigenvalue weighted by atomic mass is 10.1. The minimum absolute atomic E-state index is 0.426. The molecule has 1 aliphatic rings. The summed E-state index contributed by atoms with van der Waals surface area (Å²) in [5.74, 6) is 0. The quantitative estimate of drug-likeness (QED) is 0.438. The monoisotopic (exact) mass is 148 g/mol. The van der Waals surface area contributed by atoms with E-state index in [1.165, 1.54) is 0 Å². The molecule has 3 N–H and O–H groups in total. The van der Waals surface area contributed by atoms with Crippen LogP contribution >= 0.6 is 0 Å². The van der Waals surface area contributed by atoms with Crippen LogP contribution in [0.2, 0.25) is 0 Å². The van der Waals surface area contributed by atoms with Crippen molar-refractivity contribution in [2.45, 2.75) is 37.9 Å². The molecule has 10 heavy (non-hydrogen) atoms. The Bertz CT molecular complexity index is 116. The zero-order chi connectivity index (χ0) is 7.72. The standard InChI is InChI=1S/C6H12O4/c1-2-3-4(7)5(8)6(9)10-3/h3-9H,2H2,1H3/t3-,4?,5+,6-/m1/s1. The fraction of sp³-hybridized carbons (Fsp3) is 1.00. The van der Waals surface area contributed by atoms with E-state index in [-0.39, 0.29) is 0 Å². The van der Waals surface area contributed by atoms with Crippen LogP contribution in [-0.2, 0) is 4.74 Å². The van der Waals surface area contributed by atoms with Gasteiger partial charge in [0.1, 0.15) is 12.2 Å². The normalized spacial score (nSPS) is 48.0. The van der Waals surface area contributed by atoms with E-state index in [1.54, 1.807) is 0 Å². The van der Waals surface area contributed by atoms with Crippen molar-refractivity contribution in [3.63, 3.8) is 0 Å². The van der Waals surface area contributed by atoms with Gasteiger partial charge in [-0.25, -0.2) is 0 Å². The van der Waals surface area contributed by atoms with Crippen molar-refractivity contribution in [2.24, 2.45) is 0 Å². The van der Waals surface area contributed by atoms with Gasteiger partial charge in [-0.05, 0) is 6.42 Å². The van der Waals surface area contributed by atoms with Gasteiger partial charge in [-0.3, -0.25) is 0 Å². The topological polar surface area (TPSA) is 69.9 Å². The SMILES string of the molecule is CC[C@H]1O[C@@H](O)[C@@H](O)C1O. The minimum atomic E-state index is -1.22. The molecule has 0 radical (unpaired) electrons. The Morgan fingerprint density at radius 3 is 2.00 bits per heavy atom.